The number of aromatic nitrogens is 2. The maximum Gasteiger partial charge on any atom is 0.274 e. The molecule has 0 saturated carbocycles. The second kappa shape index (κ2) is 7.81. The van der Waals surface area contributed by atoms with Crippen molar-refractivity contribution in [1.82, 2.24) is 10.2 Å². The normalized spacial score (nSPS) is 14.4. The van der Waals surface area contributed by atoms with Gasteiger partial charge < -0.3 is 10.2 Å². The number of H-pyrrole nitrogens is 1. The van der Waals surface area contributed by atoms with Crippen LogP contribution in [0.1, 0.15) is 6.92 Å². The zero-order chi connectivity index (χ0) is 15.1. The zero-order valence-electron chi connectivity index (χ0n) is 11.1. The molecule has 0 aromatic carbocycles. The lowest BCUT2D eigenvalue weighted by Crippen LogP contribution is -2.35. The lowest BCUT2D eigenvalue weighted by Gasteiger charge is -2.12. The van der Waals surface area contributed by atoms with Crippen molar-refractivity contribution >= 4 is 39.7 Å². The Hall–Kier alpha value is -1.67. The van der Waals surface area contributed by atoms with Crippen LogP contribution in [0.15, 0.2) is 24.0 Å². The van der Waals surface area contributed by atoms with E-state index in [2.05, 4.69) is 32.1 Å². The van der Waals surface area contributed by atoms with Crippen molar-refractivity contribution < 1.29 is 13.8 Å². The smallest absolute Gasteiger partial charge is 0.274 e. The molecule has 0 saturated heterocycles. The predicted octanol–water partition coefficient (Wildman–Crippen LogP) is 1.33. The summed E-state index contributed by atoms with van der Waals surface area (Å²) in [6, 6.07) is 0. The number of hydrogen-bond donors (Lipinski definition) is 2. The number of carbonyl (C=O) groups excluding carboxylic acids is 1. The van der Waals surface area contributed by atoms with Crippen LogP contribution < -0.4 is 5.32 Å². The third-order valence-electron chi connectivity index (χ3n) is 2.32. The maximum absolute atomic E-state index is 12.1. The molecule has 0 radical (unpaired) electrons. The van der Waals surface area contributed by atoms with Crippen molar-refractivity contribution in [3.05, 3.63) is 24.0 Å². The first kappa shape index (κ1) is 16.4. The second-order valence-corrected chi connectivity index (χ2v) is 5.87. The van der Waals surface area contributed by atoms with E-state index in [1.807, 2.05) is 0 Å². The molecule has 1 heterocycles. The van der Waals surface area contributed by atoms with Crippen LogP contribution in [-0.2, 0) is 20.4 Å². The van der Waals surface area contributed by atoms with Crippen LogP contribution in [-0.4, -0.2) is 44.1 Å². The van der Waals surface area contributed by atoms with Gasteiger partial charge in [0.2, 0.25) is 0 Å². The number of nitrogens with one attached hydrogen (secondary N) is 2. The van der Waals surface area contributed by atoms with Crippen LogP contribution in [0.25, 0.3) is 0 Å². The molecule has 9 heteroatoms. The van der Waals surface area contributed by atoms with Crippen molar-refractivity contribution in [3.63, 3.8) is 0 Å². The molecule has 7 nitrogen and oxygen atoms in total. The summed E-state index contributed by atoms with van der Waals surface area (Å²) in [7, 11) is -0.00998. The van der Waals surface area contributed by atoms with E-state index >= 15 is 0 Å². The van der Waals surface area contributed by atoms with E-state index in [0.717, 1.165) is 0 Å². The standard InChI is InChI=1S/C11H15ClN4O3S/c1-4-5-20(18)7(2)9(16-19-3)11(17)14-8-6-13-15-10(8)12/h4,6-7H,1,5H2,2-3H3,(H,13,15)(H,14,17). The molecule has 0 spiro atoms. The van der Waals surface area contributed by atoms with Gasteiger partial charge in [-0.3, -0.25) is 14.1 Å². The highest BCUT2D eigenvalue weighted by molar-refractivity contribution is 7.86. The molecule has 0 fully saturated rings. The number of amides is 1. The summed E-state index contributed by atoms with van der Waals surface area (Å²) < 4.78 is 11.9. The minimum Gasteiger partial charge on any atom is -0.399 e. The molecule has 0 bridgehead atoms. The molecule has 0 aliphatic rings. The van der Waals surface area contributed by atoms with Crippen LogP contribution in [0, 0.1) is 0 Å². The highest BCUT2D eigenvalue weighted by Crippen LogP contribution is 2.17. The highest BCUT2D eigenvalue weighted by Gasteiger charge is 2.25. The Morgan fingerprint density at radius 2 is 2.50 bits per heavy atom. The average Bonchev–Trinajstić information content (AvgIpc) is 2.81. The topological polar surface area (TPSA) is 96.4 Å². The van der Waals surface area contributed by atoms with Gasteiger partial charge in [-0.25, -0.2) is 0 Å². The molecular formula is C11H15ClN4O3S. The van der Waals surface area contributed by atoms with Gasteiger partial charge in [0, 0.05) is 16.6 Å². The quantitative estimate of drug-likeness (QED) is 0.450. The van der Waals surface area contributed by atoms with Crippen molar-refractivity contribution in [1.29, 1.82) is 0 Å². The molecule has 2 atom stereocenters. The fourth-order valence-corrected chi connectivity index (χ4v) is 2.39. The van der Waals surface area contributed by atoms with E-state index < -0.39 is 22.0 Å². The van der Waals surface area contributed by atoms with Crippen molar-refractivity contribution in [2.45, 2.75) is 12.2 Å². The van der Waals surface area contributed by atoms with E-state index in [-0.39, 0.29) is 16.6 Å². The SMILES string of the molecule is C=CCS(=O)C(C)C(=NOC)C(=O)Nc1cn[nH]c1Cl. The Kier molecular flexibility index (Phi) is 6.40. The van der Waals surface area contributed by atoms with E-state index in [1.165, 1.54) is 19.4 Å². The van der Waals surface area contributed by atoms with Gasteiger partial charge in [0.05, 0.1) is 17.1 Å². The van der Waals surface area contributed by atoms with Crippen LogP contribution in [0.3, 0.4) is 0 Å². The molecule has 0 aliphatic carbocycles. The van der Waals surface area contributed by atoms with Crippen molar-refractivity contribution in [2.75, 3.05) is 18.2 Å². The van der Waals surface area contributed by atoms with Gasteiger partial charge >= 0.3 is 0 Å². The first-order chi connectivity index (χ1) is 9.51. The molecule has 1 rings (SSSR count). The monoisotopic (exact) mass is 318 g/mol. The molecule has 2 N–H and O–H groups in total. The van der Waals surface area contributed by atoms with Crippen molar-refractivity contribution in [3.8, 4) is 0 Å². The summed E-state index contributed by atoms with van der Waals surface area (Å²) in [6.45, 7) is 5.13. The van der Waals surface area contributed by atoms with Crippen LogP contribution in [0.4, 0.5) is 5.69 Å². The predicted molar refractivity (Wildman–Crippen MR) is 79.3 cm³/mol. The van der Waals surface area contributed by atoms with E-state index in [9.17, 15) is 9.00 Å². The number of aromatic amines is 1. The number of oxime groups is 1. The number of nitrogens with zero attached hydrogens (tertiary/aromatic N) is 2. The Morgan fingerprint density at radius 1 is 1.80 bits per heavy atom. The van der Waals surface area contributed by atoms with Crippen LogP contribution in [0.5, 0.6) is 0 Å². The van der Waals surface area contributed by atoms with Gasteiger partial charge in [0.1, 0.15) is 12.3 Å². The van der Waals surface area contributed by atoms with Crippen LogP contribution in [0.2, 0.25) is 5.15 Å². The third-order valence-corrected chi connectivity index (χ3v) is 4.19. The van der Waals surface area contributed by atoms with Gasteiger partial charge in [-0.1, -0.05) is 22.8 Å². The van der Waals surface area contributed by atoms with Gasteiger partial charge in [-0.2, -0.15) is 5.10 Å². The van der Waals surface area contributed by atoms with E-state index in [0.29, 0.717) is 5.69 Å². The Balaban J connectivity index is 2.88. The molecule has 110 valence electrons. The fourth-order valence-electron chi connectivity index (χ4n) is 1.33. The molecule has 1 amide bonds. The highest BCUT2D eigenvalue weighted by atomic mass is 35.5. The summed E-state index contributed by atoms with van der Waals surface area (Å²) in [4.78, 5) is 16.8. The zero-order valence-corrected chi connectivity index (χ0v) is 12.6. The number of halogens is 1. The Morgan fingerprint density at radius 3 is 3.00 bits per heavy atom. The maximum atomic E-state index is 12.1. The number of anilines is 1. The molecular weight excluding hydrogens is 304 g/mol. The average molecular weight is 319 g/mol. The summed E-state index contributed by atoms with van der Waals surface area (Å²) in [5.74, 6) is -0.302. The lowest BCUT2D eigenvalue weighted by atomic mass is 10.2. The van der Waals surface area contributed by atoms with Gasteiger partial charge in [-0.15, -0.1) is 6.58 Å². The molecule has 20 heavy (non-hydrogen) atoms. The number of rotatable bonds is 7. The Labute approximate surface area is 123 Å². The third kappa shape index (κ3) is 4.17. The molecule has 1 aromatic rings. The first-order valence-corrected chi connectivity index (χ1v) is 7.36. The van der Waals surface area contributed by atoms with E-state index in [4.69, 9.17) is 11.6 Å². The second-order valence-electron chi connectivity index (χ2n) is 3.69. The van der Waals surface area contributed by atoms with Crippen LogP contribution >= 0.6 is 11.6 Å². The van der Waals surface area contributed by atoms with Gasteiger partial charge in [0.15, 0.2) is 5.71 Å². The minimum atomic E-state index is -1.32. The summed E-state index contributed by atoms with van der Waals surface area (Å²) in [6.07, 6.45) is 2.87. The molecule has 1 aromatic heterocycles. The molecule has 2 unspecified atom stereocenters. The van der Waals surface area contributed by atoms with Gasteiger partial charge in [-0.05, 0) is 6.92 Å². The van der Waals surface area contributed by atoms with E-state index in [1.54, 1.807) is 6.92 Å². The summed E-state index contributed by atoms with van der Waals surface area (Å²) >= 11 is 5.78. The summed E-state index contributed by atoms with van der Waals surface area (Å²) in [5.41, 5.74) is 0.312. The Bertz CT molecular complexity index is 544. The van der Waals surface area contributed by atoms with Crippen molar-refractivity contribution in [2.24, 2.45) is 5.16 Å². The van der Waals surface area contributed by atoms with Gasteiger partial charge in [0.25, 0.3) is 5.91 Å². The number of hydrogen-bond acceptors (Lipinski definition) is 5. The first-order valence-electron chi connectivity index (χ1n) is 5.60. The largest absolute Gasteiger partial charge is 0.399 e. The minimum absolute atomic E-state index is 0.00458. The number of carbonyl (C=O) groups is 1. The fraction of sp³-hybridized carbons (Fsp3) is 0.364. The summed E-state index contributed by atoms with van der Waals surface area (Å²) in [5, 5.41) is 11.9. The molecule has 0 aliphatic heterocycles. The lowest BCUT2D eigenvalue weighted by molar-refractivity contribution is -0.110.